The fraction of sp³-hybridized carbons (Fsp3) is 0.500. The Bertz CT molecular complexity index is 327. The van der Waals surface area contributed by atoms with Crippen LogP contribution in [0.4, 0.5) is 5.95 Å². The molecule has 0 radical (unpaired) electrons. The number of hydrogen-bond acceptors (Lipinski definition) is 4. The summed E-state index contributed by atoms with van der Waals surface area (Å²) in [6, 6.07) is 1.71. The predicted octanol–water partition coefficient (Wildman–Crippen LogP) is 1.71. The molecule has 0 amide bonds. The lowest BCUT2D eigenvalue weighted by atomic mass is 10.2. The van der Waals surface area contributed by atoms with Crippen LogP contribution in [0.3, 0.4) is 0 Å². The monoisotopic (exact) mass is 224 g/mol. The number of unbranched alkanes of at least 4 members (excludes halogenated alkanes) is 2. The SMILES string of the molecule is CCCCCNc1nccc(C(N)=S)n1. The summed E-state index contributed by atoms with van der Waals surface area (Å²) in [5.41, 5.74) is 6.08. The molecule has 82 valence electrons. The molecule has 0 aliphatic carbocycles. The Morgan fingerprint density at radius 3 is 3.00 bits per heavy atom. The van der Waals surface area contributed by atoms with Crippen molar-refractivity contribution in [2.45, 2.75) is 26.2 Å². The van der Waals surface area contributed by atoms with Gasteiger partial charge in [0.25, 0.3) is 0 Å². The number of anilines is 1. The van der Waals surface area contributed by atoms with Gasteiger partial charge in [-0.25, -0.2) is 9.97 Å². The summed E-state index contributed by atoms with van der Waals surface area (Å²) in [5.74, 6) is 0.594. The van der Waals surface area contributed by atoms with Gasteiger partial charge in [-0.2, -0.15) is 0 Å². The first-order valence-electron chi connectivity index (χ1n) is 5.10. The van der Waals surface area contributed by atoms with E-state index in [-0.39, 0.29) is 0 Å². The molecule has 1 aromatic heterocycles. The van der Waals surface area contributed by atoms with Gasteiger partial charge in [-0.1, -0.05) is 32.0 Å². The van der Waals surface area contributed by atoms with Crippen molar-refractivity contribution in [2.24, 2.45) is 5.73 Å². The molecule has 0 atom stereocenters. The van der Waals surface area contributed by atoms with Crippen LogP contribution in [-0.2, 0) is 0 Å². The molecule has 0 aromatic carbocycles. The largest absolute Gasteiger partial charge is 0.388 e. The van der Waals surface area contributed by atoms with Gasteiger partial charge in [-0.3, -0.25) is 0 Å². The Kier molecular flexibility index (Phi) is 4.97. The van der Waals surface area contributed by atoms with Crippen molar-refractivity contribution in [3.63, 3.8) is 0 Å². The van der Waals surface area contributed by atoms with Gasteiger partial charge in [-0.05, 0) is 12.5 Å². The van der Waals surface area contributed by atoms with Crippen LogP contribution >= 0.6 is 12.2 Å². The van der Waals surface area contributed by atoms with Crippen molar-refractivity contribution >= 4 is 23.2 Å². The molecule has 1 aromatic rings. The standard InChI is InChI=1S/C10H16N4S/c1-2-3-4-6-12-10-13-7-5-8(14-10)9(11)15/h5,7H,2-4,6H2,1H3,(H2,11,15)(H,12,13,14). The molecule has 0 spiro atoms. The third-order valence-electron chi connectivity index (χ3n) is 1.97. The molecule has 4 nitrogen and oxygen atoms in total. The van der Waals surface area contributed by atoms with E-state index in [1.807, 2.05) is 0 Å². The molecule has 3 N–H and O–H groups in total. The van der Waals surface area contributed by atoms with Crippen molar-refractivity contribution in [2.75, 3.05) is 11.9 Å². The molecule has 0 aliphatic rings. The summed E-state index contributed by atoms with van der Waals surface area (Å²) >= 11 is 4.84. The van der Waals surface area contributed by atoms with E-state index in [0.717, 1.165) is 13.0 Å². The quantitative estimate of drug-likeness (QED) is 0.569. The lowest BCUT2D eigenvalue weighted by Crippen LogP contribution is -2.14. The molecule has 0 bridgehead atoms. The highest BCUT2D eigenvalue weighted by Crippen LogP contribution is 2.01. The van der Waals surface area contributed by atoms with Crippen LogP contribution in [0.1, 0.15) is 31.9 Å². The first-order chi connectivity index (χ1) is 7.24. The van der Waals surface area contributed by atoms with Gasteiger partial charge < -0.3 is 11.1 Å². The van der Waals surface area contributed by atoms with Crippen molar-refractivity contribution in [3.8, 4) is 0 Å². The van der Waals surface area contributed by atoms with E-state index in [0.29, 0.717) is 16.6 Å². The van der Waals surface area contributed by atoms with E-state index in [9.17, 15) is 0 Å². The minimum Gasteiger partial charge on any atom is -0.388 e. The predicted molar refractivity (Wildman–Crippen MR) is 65.9 cm³/mol. The number of thiocarbonyl (C=S) groups is 1. The number of aromatic nitrogens is 2. The zero-order valence-corrected chi connectivity index (χ0v) is 9.68. The molecular weight excluding hydrogens is 208 g/mol. The van der Waals surface area contributed by atoms with Crippen molar-refractivity contribution in [3.05, 3.63) is 18.0 Å². The van der Waals surface area contributed by atoms with Crippen LogP contribution in [0.25, 0.3) is 0 Å². The van der Waals surface area contributed by atoms with Crippen LogP contribution < -0.4 is 11.1 Å². The first-order valence-corrected chi connectivity index (χ1v) is 5.51. The molecule has 0 saturated heterocycles. The molecular formula is C10H16N4S. The van der Waals surface area contributed by atoms with E-state index in [4.69, 9.17) is 18.0 Å². The van der Waals surface area contributed by atoms with E-state index in [1.165, 1.54) is 12.8 Å². The molecule has 0 aliphatic heterocycles. The van der Waals surface area contributed by atoms with Gasteiger partial charge in [0.15, 0.2) is 0 Å². The molecule has 1 rings (SSSR count). The Morgan fingerprint density at radius 2 is 2.33 bits per heavy atom. The minimum atomic E-state index is 0.300. The number of nitrogens with one attached hydrogen (secondary N) is 1. The zero-order valence-electron chi connectivity index (χ0n) is 8.86. The van der Waals surface area contributed by atoms with Gasteiger partial charge >= 0.3 is 0 Å². The molecule has 0 unspecified atom stereocenters. The van der Waals surface area contributed by atoms with Crippen LogP contribution in [-0.4, -0.2) is 21.5 Å². The topological polar surface area (TPSA) is 63.8 Å². The van der Waals surface area contributed by atoms with Gasteiger partial charge in [0, 0.05) is 12.7 Å². The number of hydrogen-bond donors (Lipinski definition) is 2. The smallest absolute Gasteiger partial charge is 0.223 e. The lowest BCUT2D eigenvalue weighted by Gasteiger charge is -2.04. The molecule has 15 heavy (non-hydrogen) atoms. The second-order valence-electron chi connectivity index (χ2n) is 3.26. The van der Waals surface area contributed by atoms with Crippen LogP contribution in [0.2, 0.25) is 0 Å². The summed E-state index contributed by atoms with van der Waals surface area (Å²) in [5, 5.41) is 3.14. The van der Waals surface area contributed by atoms with E-state index in [2.05, 4.69) is 22.2 Å². The summed E-state index contributed by atoms with van der Waals surface area (Å²) in [7, 11) is 0. The molecule has 0 saturated carbocycles. The Hall–Kier alpha value is -1.23. The maximum Gasteiger partial charge on any atom is 0.223 e. The van der Waals surface area contributed by atoms with Gasteiger partial charge in [-0.15, -0.1) is 0 Å². The number of nitrogens with two attached hydrogens (primary N) is 1. The van der Waals surface area contributed by atoms with E-state index >= 15 is 0 Å². The van der Waals surface area contributed by atoms with Gasteiger partial charge in [0.05, 0.1) is 0 Å². The third-order valence-corrected chi connectivity index (χ3v) is 2.18. The first kappa shape index (κ1) is 11.8. The number of rotatable bonds is 6. The van der Waals surface area contributed by atoms with Crippen molar-refractivity contribution in [1.29, 1.82) is 0 Å². The highest BCUT2D eigenvalue weighted by molar-refractivity contribution is 7.80. The normalized spacial score (nSPS) is 9.93. The summed E-state index contributed by atoms with van der Waals surface area (Å²) in [6.45, 7) is 3.05. The summed E-state index contributed by atoms with van der Waals surface area (Å²) in [6.07, 6.45) is 5.19. The molecule has 0 fully saturated rings. The summed E-state index contributed by atoms with van der Waals surface area (Å²) in [4.78, 5) is 8.56. The second kappa shape index (κ2) is 6.29. The Labute approximate surface area is 95.3 Å². The maximum absolute atomic E-state index is 5.47. The van der Waals surface area contributed by atoms with Crippen LogP contribution in [0, 0.1) is 0 Å². The highest BCUT2D eigenvalue weighted by atomic mass is 32.1. The fourth-order valence-electron chi connectivity index (χ4n) is 1.16. The number of nitrogens with zero attached hydrogens (tertiary/aromatic N) is 2. The van der Waals surface area contributed by atoms with E-state index in [1.54, 1.807) is 12.3 Å². The third kappa shape index (κ3) is 4.20. The van der Waals surface area contributed by atoms with Crippen molar-refractivity contribution in [1.82, 2.24) is 9.97 Å². The average Bonchev–Trinajstić information content (AvgIpc) is 2.25. The van der Waals surface area contributed by atoms with Crippen molar-refractivity contribution < 1.29 is 0 Å². The summed E-state index contributed by atoms with van der Waals surface area (Å²) < 4.78 is 0. The molecule has 5 heteroatoms. The highest BCUT2D eigenvalue weighted by Gasteiger charge is 2.00. The fourth-order valence-corrected chi connectivity index (χ4v) is 1.27. The van der Waals surface area contributed by atoms with E-state index < -0.39 is 0 Å². The average molecular weight is 224 g/mol. The zero-order chi connectivity index (χ0) is 11.1. The second-order valence-corrected chi connectivity index (χ2v) is 3.70. The Morgan fingerprint density at radius 1 is 1.53 bits per heavy atom. The van der Waals surface area contributed by atoms with Gasteiger partial charge in [0.2, 0.25) is 5.95 Å². The van der Waals surface area contributed by atoms with Gasteiger partial charge in [0.1, 0.15) is 10.7 Å². The van der Waals surface area contributed by atoms with Crippen LogP contribution in [0.15, 0.2) is 12.3 Å². The lowest BCUT2D eigenvalue weighted by molar-refractivity contribution is 0.740. The maximum atomic E-state index is 5.47. The minimum absolute atomic E-state index is 0.300. The Balaban J connectivity index is 2.47. The molecule has 1 heterocycles. The van der Waals surface area contributed by atoms with Crippen LogP contribution in [0.5, 0.6) is 0 Å².